The minimum atomic E-state index is -0.490. The predicted octanol–water partition coefficient (Wildman–Crippen LogP) is 2.55. The Morgan fingerprint density at radius 3 is 3.00 bits per heavy atom. The van der Waals surface area contributed by atoms with Crippen LogP contribution in [0.25, 0.3) is 4.96 Å². The van der Waals surface area contributed by atoms with Crippen molar-refractivity contribution in [2.45, 2.75) is 6.54 Å². The zero-order valence-corrected chi connectivity index (χ0v) is 11.0. The fourth-order valence-corrected chi connectivity index (χ4v) is 2.60. The number of hydrogen-bond donors (Lipinski definition) is 1. The Kier molecular flexibility index (Phi) is 3.09. The van der Waals surface area contributed by atoms with Crippen LogP contribution >= 0.6 is 11.3 Å². The van der Waals surface area contributed by atoms with E-state index in [9.17, 15) is 10.1 Å². The second-order valence-corrected chi connectivity index (χ2v) is 4.82. The van der Waals surface area contributed by atoms with Crippen LogP contribution in [-0.4, -0.2) is 14.3 Å². The molecule has 2 N–H and O–H groups in total. The lowest BCUT2D eigenvalue weighted by Crippen LogP contribution is -2.02. The molecular formula is C12H10N4O3S. The van der Waals surface area contributed by atoms with E-state index in [0.29, 0.717) is 11.6 Å². The van der Waals surface area contributed by atoms with Crippen LogP contribution in [0.5, 0.6) is 11.6 Å². The van der Waals surface area contributed by atoms with Gasteiger partial charge in [0, 0.05) is 24.2 Å². The number of imidazole rings is 1. The molecule has 1 aromatic carbocycles. The molecular weight excluding hydrogens is 280 g/mol. The Morgan fingerprint density at radius 2 is 2.25 bits per heavy atom. The molecule has 0 unspecified atom stereocenters. The average molecular weight is 290 g/mol. The number of fused-ring (bicyclic) bond motifs is 1. The highest BCUT2D eigenvalue weighted by Crippen LogP contribution is 2.33. The van der Waals surface area contributed by atoms with Gasteiger partial charge >= 0.3 is 5.69 Å². The Hall–Kier alpha value is -2.45. The summed E-state index contributed by atoms with van der Waals surface area (Å²) in [6.07, 6.45) is 1.83. The Balaban J connectivity index is 2.05. The van der Waals surface area contributed by atoms with Gasteiger partial charge in [-0.2, -0.15) is 4.98 Å². The maximum Gasteiger partial charge on any atom is 0.311 e. The Bertz CT molecular complexity index is 780. The second kappa shape index (κ2) is 4.91. The summed E-state index contributed by atoms with van der Waals surface area (Å²) >= 11 is 1.44. The largest absolute Gasteiger partial charge is 0.430 e. The molecule has 2 aromatic heterocycles. The lowest BCUT2D eigenvalue weighted by atomic mass is 10.3. The first-order valence-corrected chi connectivity index (χ1v) is 6.64. The van der Waals surface area contributed by atoms with Crippen LogP contribution in [0.1, 0.15) is 5.69 Å². The fraction of sp³-hybridized carbons (Fsp3) is 0.0833. The summed E-state index contributed by atoms with van der Waals surface area (Å²) in [5.41, 5.74) is 6.28. The van der Waals surface area contributed by atoms with Gasteiger partial charge in [-0.3, -0.25) is 14.5 Å². The van der Waals surface area contributed by atoms with Crippen LogP contribution in [-0.2, 0) is 6.54 Å². The molecule has 102 valence electrons. The van der Waals surface area contributed by atoms with Crippen LogP contribution < -0.4 is 10.5 Å². The number of aromatic nitrogens is 2. The smallest absolute Gasteiger partial charge is 0.311 e. The molecule has 0 bridgehead atoms. The second-order valence-electron chi connectivity index (χ2n) is 3.95. The van der Waals surface area contributed by atoms with Gasteiger partial charge in [-0.25, -0.2) is 0 Å². The van der Waals surface area contributed by atoms with Crippen molar-refractivity contribution in [1.82, 2.24) is 9.38 Å². The summed E-state index contributed by atoms with van der Waals surface area (Å²) in [7, 11) is 0. The first kappa shape index (κ1) is 12.6. The summed E-state index contributed by atoms with van der Waals surface area (Å²) in [4.78, 5) is 15.5. The van der Waals surface area contributed by atoms with Crippen LogP contribution in [0.2, 0.25) is 0 Å². The topological polar surface area (TPSA) is 95.7 Å². The minimum Gasteiger partial charge on any atom is -0.430 e. The highest BCUT2D eigenvalue weighted by atomic mass is 32.1. The Morgan fingerprint density at radius 1 is 1.45 bits per heavy atom. The Labute approximate surface area is 117 Å². The van der Waals surface area contributed by atoms with E-state index in [4.69, 9.17) is 10.5 Å². The van der Waals surface area contributed by atoms with Gasteiger partial charge in [-0.05, 0) is 6.07 Å². The number of rotatable bonds is 4. The molecule has 0 radical (unpaired) electrons. The molecule has 0 amide bonds. The molecule has 0 saturated heterocycles. The summed E-state index contributed by atoms with van der Waals surface area (Å²) in [6, 6.07) is 6.17. The fourth-order valence-electron chi connectivity index (χ4n) is 1.88. The third-order valence-corrected chi connectivity index (χ3v) is 3.54. The molecule has 8 heteroatoms. The average Bonchev–Trinajstić information content (AvgIpc) is 2.99. The predicted molar refractivity (Wildman–Crippen MR) is 74.1 cm³/mol. The van der Waals surface area contributed by atoms with Crippen molar-refractivity contribution in [2.75, 3.05) is 0 Å². The molecule has 3 aromatic rings. The number of nitrogens with two attached hydrogens (primary N) is 1. The number of nitro groups is 1. The third kappa shape index (κ3) is 2.00. The molecule has 0 aliphatic rings. The number of hydrogen-bond acceptors (Lipinski definition) is 6. The molecule has 7 nitrogen and oxygen atoms in total. The van der Waals surface area contributed by atoms with E-state index < -0.39 is 4.92 Å². The third-order valence-electron chi connectivity index (χ3n) is 2.79. The quantitative estimate of drug-likeness (QED) is 0.588. The number of benzene rings is 1. The van der Waals surface area contributed by atoms with E-state index in [1.807, 2.05) is 16.0 Å². The summed E-state index contributed by atoms with van der Waals surface area (Å²) in [5, 5.41) is 12.9. The minimum absolute atomic E-state index is 0.105. The molecule has 20 heavy (non-hydrogen) atoms. The molecule has 2 heterocycles. The van der Waals surface area contributed by atoms with Crippen LogP contribution in [0.15, 0.2) is 35.8 Å². The number of nitro benzene ring substituents is 1. The van der Waals surface area contributed by atoms with E-state index in [0.717, 1.165) is 4.96 Å². The maximum absolute atomic E-state index is 11.0. The van der Waals surface area contributed by atoms with Crippen LogP contribution in [0.3, 0.4) is 0 Å². The van der Waals surface area contributed by atoms with E-state index in [-0.39, 0.29) is 18.0 Å². The number of nitrogens with zero attached hydrogens (tertiary/aromatic N) is 3. The zero-order chi connectivity index (χ0) is 14.1. The van der Waals surface area contributed by atoms with E-state index in [1.54, 1.807) is 12.1 Å². The summed E-state index contributed by atoms with van der Waals surface area (Å²) in [6.45, 7) is 0.230. The SMILES string of the molecule is NCc1c(Oc2ccccc2[N+](=O)[O-])nc2sccn12. The van der Waals surface area contributed by atoms with Gasteiger partial charge in [0.05, 0.1) is 4.92 Å². The number of para-hydroxylation sites is 2. The molecule has 3 rings (SSSR count). The standard InChI is InChI=1S/C12H10N4O3S/c13-7-9-11(14-12-15(9)5-6-20-12)19-10-4-2-1-3-8(10)16(17)18/h1-6H,7,13H2. The van der Waals surface area contributed by atoms with Crippen molar-refractivity contribution in [3.63, 3.8) is 0 Å². The van der Waals surface area contributed by atoms with Crippen molar-refractivity contribution >= 4 is 22.0 Å². The lowest BCUT2D eigenvalue weighted by Gasteiger charge is -2.05. The van der Waals surface area contributed by atoms with E-state index >= 15 is 0 Å². The maximum atomic E-state index is 11.0. The van der Waals surface area contributed by atoms with Crippen molar-refractivity contribution in [1.29, 1.82) is 0 Å². The zero-order valence-electron chi connectivity index (χ0n) is 10.2. The monoisotopic (exact) mass is 290 g/mol. The molecule has 0 aliphatic carbocycles. The molecule has 0 saturated carbocycles. The van der Waals surface area contributed by atoms with Crippen molar-refractivity contribution in [3.05, 3.63) is 51.7 Å². The molecule has 0 spiro atoms. The summed E-state index contributed by atoms with van der Waals surface area (Å²) in [5.74, 6) is 0.451. The van der Waals surface area contributed by atoms with Gasteiger partial charge in [0.25, 0.3) is 0 Å². The van der Waals surface area contributed by atoms with Gasteiger partial charge in [-0.15, -0.1) is 11.3 Å². The first-order chi connectivity index (χ1) is 9.70. The molecule has 0 fully saturated rings. The number of ether oxygens (including phenoxy) is 1. The normalized spacial score (nSPS) is 10.8. The van der Waals surface area contributed by atoms with Gasteiger partial charge in [-0.1, -0.05) is 12.1 Å². The van der Waals surface area contributed by atoms with E-state index in [2.05, 4.69) is 4.98 Å². The van der Waals surface area contributed by atoms with Gasteiger partial charge in [0.1, 0.15) is 5.69 Å². The van der Waals surface area contributed by atoms with Crippen molar-refractivity contribution < 1.29 is 9.66 Å². The van der Waals surface area contributed by atoms with Crippen LogP contribution in [0, 0.1) is 10.1 Å². The lowest BCUT2D eigenvalue weighted by molar-refractivity contribution is -0.385. The molecule has 0 atom stereocenters. The highest BCUT2D eigenvalue weighted by molar-refractivity contribution is 7.15. The van der Waals surface area contributed by atoms with Gasteiger partial charge in [0.15, 0.2) is 4.96 Å². The van der Waals surface area contributed by atoms with Crippen LogP contribution in [0.4, 0.5) is 5.69 Å². The van der Waals surface area contributed by atoms with E-state index in [1.165, 1.54) is 23.5 Å². The highest BCUT2D eigenvalue weighted by Gasteiger charge is 2.19. The van der Waals surface area contributed by atoms with Gasteiger partial charge < -0.3 is 10.5 Å². The number of thiazole rings is 1. The first-order valence-electron chi connectivity index (χ1n) is 5.76. The molecule has 0 aliphatic heterocycles. The van der Waals surface area contributed by atoms with Crippen molar-refractivity contribution in [2.24, 2.45) is 5.73 Å². The van der Waals surface area contributed by atoms with Crippen molar-refractivity contribution in [3.8, 4) is 11.6 Å². The van der Waals surface area contributed by atoms with Gasteiger partial charge in [0.2, 0.25) is 11.6 Å². The summed E-state index contributed by atoms with van der Waals surface area (Å²) < 4.78 is 7.40.